The van der Waals surface area contributed by atoms with E-state index in [9.17, 15) is 14.0 Å². The van der Waals surface area contributed by atoms with Crippen molar-refractivity contribution in [2.24, 2.45) is 0 Å². The first-order valence-electron chi connectivity index (χ1n) is 8.04. The maximum absolute atomic E-state index is 13.2. The Morgan fingerprint density at radius 1 is 1.11 bits per heavy atom. The second kappa shape index (κ2) is 9.58. The molecule has 1 amide bonds. The van der Waals surface area contributed by atoms with Gasteiger partial charge in [-0.05, 0) is 36.8 Å². The predicted molar refractivity (Wildman–Crippen MR) is 100 cm³/mol. The molecular formula is C19H18Cl2FNO4. The first-order valence-corrected chi connectivity index (χ1v) is 8.80. The molecule has 1 N–H and O–H groups in total. The van der Waals surface area contributed by atoms with Gasteiger partial charge in [0, 0.05) is 6.07 Å². The van der Waals surface area contributed by atoms with Gasteiger partial charge in [-0.2, -0.15) is 0 Å². The van der Waals surface area contributed by atoms with Crippen LogP contribution in [0.2, 0.25) is 10.0 Å². The number of hydrogen-bond acceptors (Lipinski definition) is 4. The van der Waals surface area contributed by atoms with Crippen LogP contribution in [0.5, 0.6) is 5.75 Å². The van der Waals surface area contributed by atoms with Crippen LogP contribution in [0, 0.1) is 5.82 Å². The maximum atomic E-state index is 13.2. The number of esters is 1. The lowest BCUT2D eigenvalue weighted by Gasteiger charge is -2.21. The highest BCUT2D eigenvalue weighted by Gasteiger charge is 2.23. The summed E-state index contributed by atoms with van der Waals surface area (Å²) >= 11 is 11.8. The molecule has 0 aliphatic rings. The first kappa shape index (κ1) is 21.0. The lowest BCUT2D eigenvalue weighted by molar-refractivity contribution is -0.141. The molecule has 27 heavy (non-hydrogen) atoms. The molecule has 0 saturated carbocycles. The third kappa shape index (κ3) is 6.12. The molecule has 0 saturated heterocycles. The minimum atomic E-state index is -0.872. The van der Waals surface area contributed by atoms with Gasteiger partial charge in [-0.3, -0.25) is 9.59 Å². The number of ether oxygens (including phenoxy) is 2. The number of carbonyl (C=O) groups is 2. The zero-order valence-electron chi connectivity index (χ0n) is 14.7. The summed E-state index contributed by atoms with van der Waals surface area (Å²) in [4.78, 5) is 24.2. The fourth-order valence-corrected chi connectivity index (χ4v) is 2.58. The zero-order valence-corrected chi connectivity index (χ0v) is 16.2. The third-order valence-corrected chi connectivity index (χ3v) is 4.50. The predicted octanol–water partition coefficient (Wildman–Crippen LogP) is 4.32. The van der Waals surface area contributed by atoms with Gasteiger partial charge < -0.3 is 14.8 Å². The molecule has 0 heterocycles. The topological polar surface area (TPSA) is 64.6 Å². The number of amides is 1. The lowest BCUT2D eigenvalue weighted by atomic mass is 10.0. The van der Waals surface area contributed by atoms with E-state index in [1.165, 1.54) is 37.4 Å². The number of rotatable bonds is 7. The lowest BCUT2D eigenvalue weighted by Crippen LogP contribution is -2.39. The van der Waals surface area contributed by atoms with Crippen LogP contribution in [0.3, 0.4) is 0 Å². The Hall–Kier alpha value is -2.31. The van der Waals surface area contributed by atoms with Crippen molar-refractivity contribution in [1.82, 2.24) is 5.32 Å². The van der Waals surface area contributed by atoms with Gasteiger partial charge in [0.2, 0.25) is 0 Å². The highest BCUT2D eigenvalue weighted by molar-refractivity contribution is 6.42. The molecule has 2 rings (SSSR count). The molecule has 2 aromatic carbocycles. The van der Waals surface area contributed by atoms with Crippen molar-refractivity contribution in [3.63, 3.8) is 0 Å². The Morgan fingerprint density at radius 3 is 2.37 bits per heavy atom. The summed E-state index contributed by atoms with van der Waals surface area (Å²) in [5.74, 6) is -1.02. The normalized spacial score (nSPS) is 12.8. The minimum Gasteiger partial charge on any atom is -0.481 e. The molecule has 0 spiro atoms. The van der Waals surface area contributed by atoms with Gasteiger partial charge >= 0.3 is 5.97 Å². The number of nitrogens with one attached hydrogen (secondary N) is 1. The first-order chi connectivity index (χ1) is 12.8. The van der Waals surface area contributed by atoms with E-state index in [0.717, 1.165) is 0 Å². The second-order valence-electron chi connectivity index (χ2n) is 5.73. The van der Waals surface area contributed by atoms with E-state index in [1.807, 2.05) is 0 Å². The molecule has 0 aliphatic carbocycles. The van der Waals surface area contributed by atoms with Gasteiger partial charge in [-0.1, -0.05) is 35.3 Å². The largest absolute Gasteiger partial charge is 0.481 e. The summed E-state index contributed by atoms with van der Waals surface area (Å²) in [5.41, 5.74) is 0.567. The summed E-state index contributed by atoms with van der Waals surface area (Å²) in [5, 5.41) is 3.39. The van der Waals surface area contributed by atoms with Crippen molar-refractivity contribution >= 4 is 35.1 Å². The molecule has 0 bridgehead atoms. The van der Waals surface area contributed by atoms with Crippen molar-refractivity contribution in [2.45, 2.75) is 25.5 Å². The van der Waals surface area contributed by atoms with E-state index in [2.05, 4.69) is 10.1 Å². The van der Waals surface area contributed by atoms with Crippen LogP contribution in [0.25, 0.3) is 0 Å². The summed E-state index contributed by atoms with van der Waals surface area (Å²) in [6, 6.07) is 9.45. The molecule has 0 fully saturated rings. The molecule has 5 nitrogen and oxygen atoms in total. The number of carbonyl (C=O) groups excluding carboxylic acids is 2. The number of halogens is 3. The van der Waals surface area contributed by atoms with E-state index in [0.29, 0.717) is 21.4 Å². The van der Waals surface area contributed by atoms with Gasteiger partial charge in [0.1, 0.15) is 11.6 Å². The molecular weight excluding hydrogens is 396 g/mol. The van der Waals surface area contributed by atoms with Crippen LogP contribution >= 0.6 is 23.2 Å². The van der Waals surface area contributed by atoms with Crippen LogP contribution in [0.4, 0.5) is 4.39 Å². The molecule has 0 aromatic heterocycles. The van der Waals surface area contributed by atoms with Crippen molar-refractivity contribution in [3.8, 4) is 5.75 Å². The Balaban J connectivity index is 2.10. The standard InChI is InChI=1S/C19H18Cl2FNO4/c1-11(27-14-7-8-15(20)16(21)9-14)19(25)23-17(10-18(24)26-2)12-3-5-13(22)6-4-12/h3-9,11,17H,10H2,1-2H3,(H,23,25). The van der Waals surface area contributed by atoms with Gasteiger partial charge in [-0.15, -0.1) is 0 Å². The van der Waals surface area contributed by atoms with Crippen LogP contribution in [-0.2, 0) is 14.3 Å². The monoisotopic (exact) mass is 413 g/mol. The van der Waals surface area contributed by atoms with E-state index < -0.39 is 29.8 Å². The Bertz CT molecular complexity index is 814. The molecule has 0 radical (unpaired) electrons. The molecule has 0 aliphatic heterocycles. The SMILES string of the molecule is COC(=O)CC(NC(=O)C(C)Oc1ccc(Cl)c(Cl)c1)c1ccc(F)cc1. The Morgan fingerprint density at radius 2 is 1.78 bits per heavy atom. The van der Waals surface area contributed by atoms with Crippen LogP contribution < -0.4 is 10.1 Å². The molecule has 2 unspecified atom stereocenters. The fraction of sp³-hybridized carbons (Fsp3) is 0.263. The van der Waals surface area contributed by atoms with E-state index in [1.54, 1.807) is 19.1 Å². The van der Waals surface area contributed by atoms with Gasteiger partial charge in [0.15, 0.2) is 6.10 Å². The number of benzene rings is 2. The van der Waals surface area contributed by atoms with Gasteiger partial charge in [0.05, 0.1) is 29.6 Å². The zero-order chi connectivity index (χ0) is 20.0. The smallest absolute Gasteiger partial charge is 0.307 e. The summed E-state index contributed by atoms with van der Waals surface area (Å²) in [6.45, 7) is 1.55. The quantitative estimate of drug-likeness (QED) is 0.686. The maximum Gasteiger partial charge on any atom is 0.307 e. The summed E-state index contributed by atoms with van der Waals surface area (Å²) in [7, 11) is 1.25. The molecule has 2 aromatic rings. The molecule has 2 atom stereocenters. The third-order valence-electron chi connectivity index (χ3n) is 3.76. The summed E-state index contributed by atoms with van der Waals surface area (Å²) < 4.78 is 23.4. The highest BCUT2D eigenvalue weighted by atomic mass is 35.5. The van der Waals surface area contributed by atoms with Crippen LogP contribution in [0.15, 0.2) is 42.5 Å². The average Bonchev–Trinajstić information content (AvgIpc) is 2.64. The van der Waals surface area contributed by atoms with Crippen molar-refractivity contribution < 1.29 is 23.5 Å². The number of hydrogen-bond donors (Lipinski definition) is 1. The van der Waals surface area contributed by atoms with Crippen LogP contribution in [0.1, 0.15) is 24.9 Å². The van der Waals surface area contributed by atoms with Crippen LogP contribution in [-0.4, -0.2) is 25.1 Å². The molecule has 8 heteroatoms. The average molecular weight is 414 g/mol. The van der Waals surface area contributed by atoms with E-state index >= 15 is 0 Å². The van der Waals surface area contributed by atoms with Crippen molar-refractivity contribution in [3.05, 3.63) is 63.9 Å². The minimum absolute atomic E-state index is 0.104. The van der Waals surface area contributed by atoms with Crippen molar-refractivity contribution in [2.75, 3.05) is 7.11 Å². The number of methoxy groups -OCH3 is 1. The fourth-order valence-electron chi connectivity index (χ4n) is 2.29. The second-order valence-corrected chi connectivity index (χ2v) is 6.54. The van der Waals surface area contributed by atoms with Gasteiger partial charge in [0.25, 0.3) is 5.91 Å². The summed E-state index contributed by atoms with van der Waals surface area (Å²) in [6.07, 6.45) is -0.976. The van der Waals surface area contributed by atoms with Crippen molar-refractivity contribution in [1.29, 1.82) is 0 Å². The highest BCUT2D eigenvalue weighted by Crippen LogP contribution is 2.27. The van der Waals surface area contributed by atoms with E-state index in [4.69, 9.17) is 27.9 Å². The Kier molecular flexibility index (Phi) is 7.45. The molecule has 144 valence electrons. The Labute approximate surface area is 166 Å². The van der Waals surface area contributed by atoms with E-state index in [-0.39, 0.29) is 6.42 Å². The van der Waals surface area contributed by atoms with Gasteiger partial charge in [-0.25, -0.2) is 4.39 Å².